The van der Waals surface area contributed by atoms with Crippen LogP contribution in [-0.4, -0.2) is 23.3 Å². The van der Waals surface area contributed by atoms with Crippen molar-refractivity contribution in [2.24, 2.45) is 0 Å². The van der Waals surface area contributed by atoms with Crippen LogP contribution in [0.5, 0.6) is 11.5 Å². The van der Waals surface area contributed by atoms with Crippen molar-refractivity contribution in [3.63, 3.8) is 0 Å². The number of nitrogen functional groups attached to an aromatic ring is 1. The third-order valence-electron chi connectivity index (χ3n) is 2.95. The van der Waals surface area contributed by atoms with Gasteiger partial charge in [-0.1, -0.05) is 22.9 Å². The molecule has 1 aromatic heterocycles. The Morgan fingerprint density at radius 1 is 1.35 bits per heavy atom. The minimum absolute atomic E-state index is 0.416. The summed E-state index contributed by atoms with van der Waals surface area (Å²) in [6.07, 6.45) is 1.52. The minimum Gasteiger partial charge on any atom is -0.489 e. The van der Waals surface area contributed by atoms with E-state index in [2.05, 4.69) is 4.98 Å². The first kappa shape index (κ1) is 13.5. The zero-order chi connectivity index (χ0) is 14.1. The summed E-state index contributed by atoms with van der Waals surface area (Å²) in [7, 11) is 0. The van der Waals surface area contributed by atoms with Crippen molar-refractivity contribution in [1.29, 1.82) is 0 Å². The van der Waals surface area contributed by atoms with Gasteiger partial charge in [0.25, 0.3) is 0 Å². The zero-order valence-electron chi connectivity index (χ0n) is 10.5. The van der Waals surface area contributed by atoms with E-state index in [4.69, 9.17) is 26.8 Å². The van der Waals surface area contributed by atoms with E-state index in [1.807, 2.05) is 0 Å². The van der Waals surface area contributed by atoms with Crippen molar-refractivity contribution in [3.8, 4) is 11.5 Å². The molecule has 0 spiro atoms. The van der Waals surface area contributed by atoms with Gasteiger partial charge >= 0.3 is 0 Å². The maximum atomic E-state index is 10.4. The van der Waals surface area contributed by atoms with Crippen molar-refractivity contribution in [1.82, 2.24) is 4.98 Å². The van der Waals surface area contributed by atoms with Gasteiger partial charge in [-0.15, -0.1) is 0 Å². The average molecular weight is 313 g/mol. The number of halogens is 1. The number of anilines is 1. The van der Waals surface area contributed by atoms with Gasteiger partial charge in [-0.3, -0.25) is 0 Å². The van der Waals surface area contributed by atoms with Gasteiger partial charge in [-0.2, -0.15) is 0 Å². The number of hydrogen-bond acceptors (Lipinski definition) is 6. The smallest absolute Gasteiger partial charge is 0.180 e. The van der Waals surface area contributed by atoms with Crippen LogP contribution in [0.4, 0.5) is 5.13 Å². The number of aliphatic hydroxyl groups is 1. The number of ether oxygens (including phenoxy) is 2. The molecule has 3 rings (SSSR count). The highest BCUT2D eigenvalue weighted by molar-refractivity contribution is 7.15. The van der Waals surface area contributed by atoms with Crippen molar-refractivity contribution < 1.29 is 14.6 Å². The molecule has 0 amide bonds. The number of fused-ring (bicyclic) bond motifs is 1. The SMILES string of the molecule is Nc1ncc(C(O)c2cc(Cl)c3c(c2)OCCCO3)s1. The fraction of sp³-hybridized carbons (Fsp3) is 0.308. The van der Waals surface area contributed by atoms with E-state index in [1.54, 1.807) is 18.3 Å². The van der Waals surface area contributed by atoms with Crippen LogP contribution in [0.15, 0.2) is 18.3 Å². The quantitative estimate of drug-likeness (QED) is 0.891. The maximum Gasteiger partial charge on any atom is 0.180 e. The highest BCUT2D eigenvalue weighted by Crippen LogP contribution is 2.41. The Hall–Kier alpha value is -1.50. The first-order valence-corrected chi connectivity index (χ1v) is 7.33. The molecule has 0 radical (unpaired) electrons. The molecular weight excluding hydrogens is 300 g/mol. The molecule has 2 heterocycles. The Morgan fingerprint density at radius 3 is 2.90 bits per heavy atom. The second-order valence-corrected chi connectivity index (χ2v) is 5.88. The summed E-state index contributed by atoms with van der Waals surface area (Å²) < 4.78 is 11.2. The summed E-state index contributed by atoms with van der Waals surface area (Å²) in [4.78, 5) is 4.60. The topological polar surface area (TPSA) is 77.6 Å². The van der Waals surface area contributed by atoms with Gasteiger partial charge in [0.2, 0.25) is 0 Å². The molecule has 20 heavy (non-hydrogen) atoms. The lowest BCUT2D eigenvalue weighted by Gasteiger charge is -2.14. The van der Waals surface area contributed by atoms with Gasteiger partial charge in [0, 0.05) is 12.6 Å². The molecule has 0 saturated carbocycles. The standard InChI is InChI=1S/C13H13ClN2O3S/c14-8-4-7(11(17)10-6-16-13(15)20-10)5-9-12(8)19-3-1-2-18-9/h4-6,11,17H,1-3H2,(H2,15,16). The van der Waals surface area contributed by atoms with E-state index < -0.39 is 6.10 Å². The number of hydrogen-bond donors (Lipinski definition) is 2. The molecule has 5 nitrogen and oxygen atoms in total. The van der Waals surface area contributed by atoms with Crippen molar-refractivity contribution in [3.05, 3.63) is 33.8 Å². The first-order chi connectivity index (χ1) is 9.65. The van der Waals surface area contributed by atoms with Crippen LogP contribution in [0.1, 0.15) is 23.0 Å². The Balaban J connectivity index is 1.98. The third kappa shape index (κ3) is 2.54. The van der Waals surface area contributed by atoms with E-state index in [-0.39, 0.29) is 0 Å². The number of aromatic nitrogens is 1. The van der Waals surface area contributed by atoms with Crippen LogP contribution < -0.4 is 15.2 Å². The molecule has 1 aliphatic heterocycles. The predicted octanol–water partition coefficient (Wildman–Crippen LogP) is 2.62. The summed E-state index contributed by atoms with van der Waals surface area (Å²) in [6, 6.07) is 3.42. The van der Waals surface area contributed by atoms with E-state index in [0.717, 1.165) is 6.42 Å². The monoisotopic (exact) mass is 312 g/mol. The normalized spacial score (nSPS) is 15.7. The summed E-state index contributed by atoms with van der Waals surface area (Å²) in [5, 5.41) is 11.2. The fourth-order valence-corrected chi connectivity index (χ4v) is 2.97. The lowest BCUT2D eigenvalue weighted by atomic mass is 10.1. The Morgan fingerprint density at radius 2 is 2.15 bits per heavy atom. The third-order valence-corrected chi connectivity index (χ3v) is 4.11. The minimum atomic E-state index is -0.834. The van der Waals surface area contributed by atoms with Crippen LogP contribution in [-0.2, 0) is 0 Å². The number of thiazole rings is 1. The maximum absolute atomic E-state index is 10.4. The Bertz CT molecular complexity index is 632. The molecule has 2 aromatic rings. The van der Waals surface area contributed by atoms with Gasteiger partial charge in [0.05, 0.1) is 23.1 Å². The molecule has 7 heteroatoms. The summed E-state index contributed by atoms with van der Waals surface area (Å²) >= 11 is 7.44. The highest BCUT2D eigenvalue weighted by atomic mass is 35.5. The molecular formula is C13H13ClN2O3S. The molecule has 0 fully saturated rings. The van der Waals surface area contributed by atoms with Crippen molar-refractivity contribution >= 4 is 28.1 Å². The van der Waals surface area contributed by atoms with Crippen LogP contribution in [0.3, 0.4) is 0 Å². The largest absolute Gasteiger partial charge is 0.489 e. The Labute approximate surface area is 124 Å². The van der Waals surface area contributed by atoms with Gasteiger partial charge in [-0.25, -0.2) is 4.98 Å². The lowest BCUT2D eigenvalue weighted by molar-refractivity contribution is 0.223. The van der Waals surface area contributed by atoms with E-state index in [0.29, 0.717) is 45.3 Å². The van der Waals surface area contributed by atoms with Crippen LogP contribution in [0.25, 0.3) is 0 Å². The van der Waals surface area contributed by atoms with Crippen LogP contribution in [0, 0.1) is 0 Å². The number of nitrogens with zero attached hydrogens (tertiary/aromatic N) is 1. The molecule has 0 saturated heterocycles. The van der Waals surface area contributed by atoms with Crippen LogP contribution in [0.2, 0.25) is 5.02 Å². The van der Waals surface area contributed by atoms with Crippen molar-refractivity contribution in [2.75, 3.05) is 18.9 Å². The molecule has 106 valence electrons. The average Bonchev–Trinajstić information content (AvgIpc) is 2.72. The van der Waals surface area contributed by atoms with E-state index in [9.17, 15) is 5.11 Å². The predicted molar refractivity (Wildman–Crippen MR) is 77.6 cm³/mol. The molecule has 0 bridgehead atoms. The molecule has 0 aliphatic carbocycles. The summed E-state index contributed by atoms with van der Waals surface area (Å²) in [5.41, 5.74) is 6.21. The molecule has 3 N–H and O–H groups in total. The van der Waals surface area contributed by atoms with Gasteiger partial charge < -0.3 is 20.3 Å². The van der Waals surface area contributed by atoms with E-state index >= 15 is 0 Å². The zero-order valence-corrected chi connectivity index (χ0v) is 12.1. The van der Waals surface area contributed by atoms with Crippen LogP contribution >= 0.6 is 22.9 Å². The fourth-order valence-electron chi connectivity index (χ4n) is 2.00. The highest BCUT2D eigenvalue weighted by Gasteiger charge is 2.20. The molecule has 1 aliphatic rings. The second kappa shape index (κ2) is 5.47. The number of benzene rings is 1. The van der Waals surface area contributed by atoms with Crippen molar-refractivity contribution in [2.45, 2.75) is 12.5 Å². The van der Waals surface area contributed by atoms with Gasteiger partial charge in [0.15, 0.2) is 16.6 Å². The molecule has 1 aromatic carbocycles. The first-order valence-electron chi connectivity index (χ1n) is 6.13. The number of rotatable bonds is 2. The number of nitrogens with two attached hydrogens (primary N) is 1. The van der Waals surface area contributed by atoms with E-state index in [1.165, 1.54) is 11.3 Å². The summed E-state index contributed by atoms with van der Waals surface area (Å²) in [5.74, 6) is 1.09. The lowest BCUT2D eigenvalue weighted by Crippen LogP contribution is -2.00. The molecule has 1 atom stereocenters. The Kier molecular flexibility index (Phi) is 3.69. The number of aliphatic hydroxyl groups excluding tert-OH is 1. The summed E-state index contributed by atoms with van der Waals surface area (Å²) in [6.45, 7) is 1.14. The van der Waals surface area contributed by atoms with Gasteiger partial charge in [-0.05, 0) is 17.7 Å². The second-order valence-electron chi connectivity index (χ2n) is 4.38. The van der Waals surface area contributed by atoms with Gasteiger partial charge in [0.1, 0.15) is 6.10 Å². The molecule has 1 unspecified atom stereocenters.